The molecular formula is C21H28F3N3O8. The summed E-state index contributed by atoms with van der Waals surface area (Å²) in [4.78, 5) is 35.7. The SMILES string of the molecule is COC(=O)c1cc(NC[C@@H]2CCO2)c([N+](=O)[O-])c(OCCN(CC(F)(F)F)C(=O)OC(C)(C)C)c1. The largest absolute Gasteiger partial charge is 0.485 e. The lowest BCUT2D eigenvalue weighted by molar-refractivity contribution is -0.385. The Labute approximate surface area is 199 Å². The molecule has 1 aromatic rings. The molecule has 14 heteroatoms. The number of halogens is 3. The summed E-state index contributed by atoms with van der Waals surface area (Å²) in [5.41, 5.74) is -1.70. The first-order valence-corrected chi connectivity index (χ1v) is 10.6. The van der Waals surface area contributed by atoms with Crippen LogP contribution in [-0.4, -0.2) is 79.7 Å². The number of amides is 1. The Morgan fingerprint density at radius 3 is 2.43 bits per heavy atom. The maximum Gasteiger partial charge on any atom is 0.410 e. The van der Waals surface area contributed by atoms with Crippen molar-refractivity contribution in [1.82, 2.24) is 4.90 Å². The molecule has 1 aliphatic heterocycles. The van der Waals surface area contributed by atoms with Gasteiger partial charge in [0.05, 0.1) is 30.2 Å². The van der Waals surface area contributed by atoms with Gasteiger partial charge in [0.2, 0.25) is 0 Å². The normalized spacial score (nSPS) is 15.6. The molecule has 196 valence electrons. The fraction of sp³-hybridized carbons (Fsp3) is 0.619. The quantitative estimate of drug-likeness (QED) is 0.286. The number of hydrogen-bond donors (Lipinski definition) is 1. The Balaban J connectivity index is 2.26. The van der Waals surface area contributed by atoms with E-state index in [1.807, 2.05) is 0 Å². The highest BCUT2D eigenvalue weighted by Gasteiger charge is 2.35. The smallest absolute Gasteiger partial charge is 0.410 e. The number of alkyl halides is 3. The number of ether oxygens (including phenoxy) is 4. The standard InChI is InChI=1S/C21H28F3N3O8/c1-20(2,3)35-19(29)26(12-21(22,23)24)6-8-34-16-10-13(18(28)32-4)9-15(17(16)27(30)31)25-11-14-5-7-33-14/h9-10,14,25H,5-8,11-12H2,1-4H3/t14-/m0/s1. The molecule has 0 saturated carbocycles. The summed E-state index contributed by atoms with van der Waals surface area (Å²) in [5.74, 6) is -1.19. The van der Waals surface area contributed by atoms with E-state index in [-0.39, 0.29) is 29.6 Å². The predicted octanol–water partition coefficient (Wildman–Crippen LogP) is 3.76. The van der Waals surface area contributed by atoms with Gasteiger partial charge in [-0.3, -0.25) is 15.0 Å². The summed E-state index contributed by atoms with van der Waals surface area (Å²) in [6.45, 7) is 2.54. The van der Waals surface area contributed by atoms with Gasteiger partial charge in [0.15, 0.2) is 5.75 Å². The van der Waals surface area contributed by atoms with Crippen LogP contribution in [0.4, 0.5) is 29.3 Å². The van der Waals surface area contributed by atoms with E-state index in [9.17, 15) is 32.9 Å². The molecule has 1 saturated heterocycles. The molecule has 0 aromatic heterocycles. The van der Waals surface area contributed by atoms with Gasteiger partial charge >= 0.3 is 23.9 Å². The van der Waals surface area contributed by atoms with E-state index in [1.54, 1.807) is 0 Å². The molecule has 1 aliphatic rings. The van der Waals surface area contributed by atoms with Crippen LogP contribution in [0.3, 0.4) is 0 Å². The Morgan fingerprint density at radius 1 is 1.29 bits per heavy atom. The minimum atomic E-state index is -4.71. The number of nitrogens with zero attached hydrogens (tertiary/aromatic N) is 2. The van der Waals surface area contributed by atoms with Crippen LogP contribution < -0.4 is 10.1 Å². The van der Waals surface area contributed by atoms with Crippen molar-refractivity contribution in [2.24, 2.45) is 0 Å². The molecule has 1 N–H and O–H groups in total. The van der Waals surface area contributed by atoms with E-state index >= 15 is 0 Å². The van der Waals surface area contributed by atoms with Gasteiger partial charge in [0.1, 0.15) is 24.4 Å². The van der Waals surface area contributed by atoms with Crippen molar-refractivity contribution >= 4 is 23.4 Å². The molecule has 1 aromatic carbocycles. The van der Waals surface area contributed by atoms with Gasteiger partial charge in [-0.15, -0.1) is 0 Å². The number of carbonyl (C=O) groups is 2. The van der Waals surface area contributed by atoms with E-state index < -0.39 is 54.1 Å². The van der Waals surface area contributed by atoms with Crippen molar-refractivity contribution in [3.8, 4) is 5.75 Å². The first-order chi connectivity index (χ1) is 16.2. The van der Waals surface area contributed by atoms with E-state index in [2.05, 4.69) is 10.1 Å². The number of anilines is 1. The van der Waals surface area contributed by atoms with Crippen molar-refractivity contribution in [2.45, 2.75) is 45.1 Å². The molecule has 0 bridgehead atoms. The number of esters is 1. The molecular weight excluding hydrogens is 479 g/mol. The molecule has 0 radical (unpaired) electrons. The third-order valence-corrected chi connectivity index (χ3v) is 4.63. The molecule has 1 atom stereocenters. The molecule has 1 fully saturated rings. The second-order valence-corrected chi connectivity index (χ2v) is 8.65. The van der Waals surface area contributed by atoms with Gasteiger partial charge < -0.3 is 24.3 Å². The predicted molar refractivity (Wildman–Crippen MR) is 117 cm³/mol. The number of nitrogens with one attached hydrogen (secondary N) is 1. The van der Waals surface area contributed by atoms with Crippen LogP contribution in [0.1, 0.15) is 37.6 Å². The highest BCUT2D eigenvalue weighted by molar-refractivity contribution is 5.93. The van der Waals surface area contributed by atoms with Gasteiger partial charge in [0.25, 0.3) is 0 Å². The van der Waals surface area contributed by atoms with Gasteiger partial charge in [-0.1, -0.05) is 0 Å². The van der Waals surface area contributed by atoms with Crippen molar-refractivity contribution in [3.05, 3.63) is 27.8 Å². The van der Waals surface area contributed by atoms with E-state index in [4.69, 9.17) is 14.2 Å². The fourth-order valence-electron chi connectivity index (χ4n) is 2.99. The number of carbonyl (C=O) groups excluding carboxylic acids is 2. The molecule has 11 nitrogen and oxygen atoms in total. The van der Waals surface area contributed by atoms with Crippen molar-refractivity contribution in [3.63, 3.8) is 0 Å². The van der Waals surface area contributed by atoms with Crippen molar-refractivity contribution in [2.75, 3.05) is 45.3 Å². The summed E-state index contributed by atoms with van der Waals surface area (Å²) in [6.07, 6.45) is -5.35. The fourth-order valence-corrected chi connectivity index (χ4v) is 2.99. The van der Waals surface area contributed by atoms with Crippen molar-refractivity contribution < 1.29 is 46.6 Å². The van der Waals surface area contributed by atoms with Crippen LogP contribution in [0.25, 0.3) is 0 Å². The zero-order valence-corrected chi connectivity index (χ0v) is 19.8. The van der Waals surface area contributed by atoms with Crippen LogP contribution in [0.5, 0.6) is 5.75 Å². The lowest BCUT2D eigenvalue weighted by atomic mass is 10.1. The molecule has 0 spiro atoms. The average Bonchev–Trinajstić information content (AvgIpc) is 2.68. The minimum Gasteiger partial charge on any atom is -0.485 e. The number of nitro groups is 1. The number of rotatable bonds is 10. The van der Waals surface area contributed by atoms with Crippen molar-refractivity contribution in [1.29, 1.82) is 0 Å². The Bertz CT molecular complexity index is 930. The van der Waals surface area contributed by atoms with Crippen LogP contribution in [0.2, 0.25) is 0 Å². The lowest BCUT2D eigenvalue weighted by Crippen LogP contribution is -2.44. The molecule has 1 amide bonds. The van der Waals surface area contributed by atoms with Gasteiger partial charge in [0, 0.05) is 19.2 Å². The monoisotopic (exact) mass is 507 g/mol. The third kappa shape index (κ3) is 8.77. The summed E-state index contributed by atoms with van der Waals surface area (Å²) in [7, 11) is 1.12. The highest BCUT2D eigenvalue weighted by atomic mass is 19.4. The van der Waals surface area contributed by atoms with Gasteiger partial charge in [-0.25, -0.2) is 9.59 Å². The topological polar surface area (TPSA) is 129 Å². The number of hydrogen-bond acceptors (Lipinski definition) is 9. The lowest BCUT2D eigenvalue weighted by Gasteiger charge is -2.28. The highest BCUT2D eigenvalue weighted by Crippen LogP contribution is 2.37. The molecule has 0 unspecified atom stereocenters. The first-order valence-electron chi connectivity index (χ1n) is 10.6. The maximum absolute atomic E-state index is 13.0. The number of nitro benzene ring substituents is 1. The Morgan fingerprint density at radius 2 is 1.94 bits per heavy atom. The summed E-state index contributed by atoms with van der Waals surface area (Å²) in [5, 5.41) is 14.6. The zero-order valence-electron chi connectivity index (χ0n) is 19.8. The molecule has 35 heavy (non-hydrogen) atoms. The van der Waals surface area contributed by atoms with Crippen LogP contribution in [0.15, 0.2) is 12.1 Å². The number of benzene rings is 1. The van der Waals surface area contributed by atoms with E-state index in [0.29, 0.717) is 11.5 Å². The van der Waals surface area contributed by atoms with Crippen LogP contribution in [-0.2, 0) is 14.2 Å². The summed E-state index contributed by atoms with van der Waals surface area (Å²) in [6, 6.07) is 2.27. The zero-order chi connectivity index (χ0) is 26.4. The van der Waals surface area contributed by atoms with Gasteiger partial charge in [-0.05, 0) is 33.3 Å². The van der Waals surface area contributed by atoms with Gasteiger partial charge in [-0.2, -0.15) is 13.2 Å². The van der Waals surface area contributed by atoms with Crippen LogP contribution in [0, 0.1) is 10.1 Å². The average molecular weight is 507 g/mol. The minimum absolute atomic E-state index is 0.0531. The molecule has 2 rings (SSSR count). The number of methoxy groups -OCH3 is 1. The van der Waals surface area contributed by atoms with E-state index in [0.717, 1.165) is 19.6 Å². The Hall–Kier alpha value is -3.29. The summed E-state index contributed by atoms with van der Waals surface area (Å²) < 4.78 is 59.3. The molecule has 1 heterocycles. The maximum atomic E-state index is 13.0. The molecule has 0 aliphatic carbocycles. The second kappa shape index (κ2) is 11.4. The van der Waals surface area contributed by atoms with Crippen LogP contribution >= 0.6 is 0 Å². The third-order valence-electron chi connectivity index (χ3n) is 4.63. The van der Waals surface area contributed by atoms with E-state index in [1.165, 1.54) is 26.8 Å². The summed E-state index contributed by atoms with van der Waals surface area (Å²) >= 11 is 0. The first kappa shape index (κ1) is 28.0. The second-order valence-electron chi connectivity index (χ2n) is 8.65. The Kier molecular flexibility index (Phi) is 9.12.